The second-order valence-corrected chi connectivity index (χ2v) is 13.5. The quantitative estimate of drug-likeness (QED) is 0.126. The third kappa shape index (κ3) is 6.47. The first-order valence-corrected chi connectivity index (χ1v) is 17.3. The van der Waals surface area contributed by atoms with Crippen molar-refractivity contribution in [2.45, 2.75) is 65.2 Å². The zero-order chi connectivity index (χ0) is 29.8. The van der Waals surface area contributed by atoms with Crippen LogP contribution in [0.3, 0.4) is 0 Å². The largest absolute Gasteiger partial charge is 0.252 e. The normalized spacial score (nSPS) is 11.5. The fourth-order valence-corrected chi connectivity index (χ4v) is 7.99. The minimum Gasteiger partial charge on any atom is -0.252 e. The van der Waals surface area contributed by atoms with Gasteiger partial charge in [0, 0.05) is 37.5 Å². The van der Waals surface area contributed by atoms with Gasteiger partial charge < -0.3 is 0 Å². The van der Waals surface area contributed by atoms with Crippen molar-refractivity contribution in [2.24, 2.45) is 0 Å². The Kier molecular flexibility index (Phi) is 9.36. The van der Waals surface area contributed by atoms with Crippen molar-refractivity contribution in [2.75, 3.05) is 0 Å². The van der Waals surface area contributed by atoms with Crippen LogP contribution in [0, 0.1) is 11.6 Å². The van der Waals surface area contributed by atoms with Crippen molar-refractivity contribution in [1.82, 2.24) is 13.7 Å². The average Bonchev–Trinajstić information content (AvgIpc) is 3.79. The standard InChI is InChI=1S/C35H33F2N3S3/c1-3-5-7-9-22-11-13-24(27(36)19-22)29-15-16-31(41-29)26-21-38-34(35-33(26)39-43-40-35)32-18-17-30(42-32)25-14-12-23(20-28(25)37)10-8-6-4-2/h11-21H,3-10H2,1-2H3. The fourth-order valence-electron chi connectivity index (χ4n) is 5.36. The molecule has 4 heterocycles. The van der Waals surface area contributed by atoms with Gasteiger partial charge in [-0.2, -0.15) is 8.75 Å². The lowest BCUT2D eigenvalue weighted by molar-refractivity contribution is 0.626. The molecule has 220 valence electrons. The SMILES string of the molecule is CCCCCc1ccc(-c2ccc(-c3cnc(-c4ccc(-c5ccc(CCCCC)cc5F)s4)c4nsnc34)s2)c(F)c1. The molecule has 0 bridgehead atoms. The van der Waals surface area contributed by atoms with E-state index < -0.39 is 0 Å². The lowest BCUT2D eigenvalue weighted by Crippen LogP contribution is -1.89. The maximum atomic E-state index is 15.1. The molecule has 0 unspecified atom stereocenters. The van der Waals surface area contributed by atoms with E-state index in [1.165, 1.54) is 22.7 Å². The van der Waals surface area contributed by atoms with E-state index in [0.29, 0.717) is 11.1 Å². The molecule has 0 aliphatic heterocycles. The predicted molar refractivity (Wildman–Crippen MR) is 179 cm³/mol. The minimum atomic E-state index is -0.192. The molecule has 0 saturated heterocycles. The third-order valence-electron chi connectivity index (χ3n) is 7.74. The topological polar surface area (TPSA) is 38.7 Å². The van der Waals surface area contributed by atoms with Crippen LogP contribution < -0.4 is 0 Å². The number of nitrogens with zero attached hydrogens (tertiary/aromatic N) is 3. The summed E-state index contributed by atoms with van der Waals surface area (Å²) in [6, 6.07) is 19.1. The van der Waals surface area contributed by atoms with E-state index in [1.54, 1.807) is 12.1 Å². The summed E-state index contributed by atoms with van der Waals surface area (Å²) in [6.07, 6.45) is 10.4. The molecule has 0 N–H and O–H groups in total. The van der Waals surface area contributed by atoms with Crippen molar-refractivity contribution in [3.05, 3.63) is 89.6 Å². The number of aryl methyl sites for hydroxylation is 2. The monoisotopic (exact) mass is 629 g/mol. The molecule has 2 aromatic carbocycles. The molecule has 8 heteroatoms. The molecule has 0 radical (unpaired) electrons. The fraction of sp³-hybridized carbons (Fsp3) is 0.286. The molecule has 0 fully saturated rings. The summed E-state index contributed by atoms with van der Waals surface area (Å²) >= 11 is 4.18. The van der Waals surface area contributed by atoms with Gasteiger partial charge in [-0.15, -0.1) is 22.7 Å². The number of unbranched alkanes of at least 4 members (excludes halogenated alkanes) is 4. The van der Waals surface area contributed by atoms with E-state index in [-0.39, 0.29) is 11.6 Å². The van der Waals surface area contributed by atoms with E-state index in [4.69, 9.17) is 4.98 Å². The Morgan fingerprint density at radius 3 is 1.65 bits per heavy atom. The summed E-state index contributed by atoms with van der Waals surface area (Å²) in [5.41, 5.74) is 6.40. The molecule has 6 aromatic rings. The van der Waals surface area contributed by atoms with Crippen LogP contribution in [0.25, 0.3) is 52.9 Å². The van der Waals surface area contributed by atoms with Gasteiger partial charge in [0.15, 0.2) is 0 Å². The van der Waals surface area contributed by atoms with Gasteiger partial charge in [-0.1, -0.05) is 63.8 Å². The van der Waals surface area contributed by atoms with Crippen molar-refractivity contribution in [3.8, 4) is 41.9 Å². The van der Waals surface area contributed by atoms with Crippen LogP contribution in [0.2, 0.25) is 0 Å². The molecule has 0 aliphatic carbocycles. The zero-order valence-corrected chi connectivity index (χ0v) is 26.8. The number of fused-ring (bicyclic) bond motifs is 1. The highest BCUT2D eigenvalue weighted by atomic mass is 32.1. The Balaban J connectivity index is 1.25. The number of benzene rings is 2. The highest BCUT2D eigenvalue weighted by Crippen LogP contribution is 2.42. The Labute approximate surface area is 263 Å². The van der Waals surface area contributed by atoms with E-state index in [9.17, 15) is 0 Å². The first kappa shape index (κ1) is 29.7. The molecule has 6 rings (SSSR count). The molecule has 4 aromatic heterocycles. The molecule has 0 amide bonds. The van der Waals surface area contributed by atoms with Crippen LogP contribution in [0.4, 0.5) is 8.78 Å². The van der Waals surface area contributed by atoms with Crippen LogP contribution in [-0.4, -0.2) is 13.7 Å². The second kappa shape index (κ2) is 13.5. The Morgan fingerprint density at radius 1 is 0.581 bits per heavy atom. The zero-order valence-electron chi connectivity index (χ0n) is 24.3. The van der Waals surface area contributed by atoms with Gasteiger partial charge in [0.2, 0.25) is 0 Å². The molecular formula is C35H33F2N3S3. The molecule has 43 heavy (non-hydrogen) atoms. The second-order valence-electron chi connectivity index (χ2n) is 10.9. The van der Waals surface area contributed by atoms with Gasteiger partial charge >= 0.3 is 0 Å². The maximum Gasteiger partial charge on any atom is 0.132 e. The van der Waals surface area contributed by atoms with Crippen molar-refractivity contribution in [3.63, 3.8) is 0 Å². The highest BCUT2D eigenvalue weighted by Gasteiger charge is 2.19. The highest BCUT2D eigenvalue weighted by molar-refractivity contribution is 7.19. The van der Waals surface area contributed by atoms with Crippen LogP contribution in [0.5, 0.6) is 0 Å². The molecule has 0 atom stereocenters. The van der Waals surface area contributed by atoms with Crippen LogP contribution in [0.1, 0.15) is 63.5 Å². The minimum absolute atomic E-state index is 0.188. The van der Waals surface area contributed by atoms with Gasteiger partial charge in [0.05, 0.1) is 16.6 Å². The Hall–Kier alpha value is -3.33. The van der Waals surface area contributed by atoms with Gasteiger partial charge in [-0.05, 0) is 73.2 Å². The number of rotatable bonds is 12. The summed E-state index contributed by atoms with van der Waals surface area (Å²) in [7, 11) is 0. The average molecular weight is 630 g/mol. The van der Waals surface area contributed by atoms with Crippen molar-refractivity contribution >= 4 is 45.4 Å². The van der Waals surface area contributed by atoms with Crippen molar-refractivity contribution < 1.29 is 8.78 Å². The first-order chi connectivity index (χ1) is 21.1. The number of hydrogen-bond acceptors (Lipinski definition) is 6. The Bertz CT molecular complexity index is 1720. The summed E-state index contributed by atoms with van der Waals surface area (Å²) in [5.74, 6) is -0.380. The number of halogens is 2. The number of aromatic nitrogens is 3. The molecule has 0 saturated carbocycles. The summed E-state index contributed by atoms with van der Waals surface area (Å²) in [5, 5.41) is 0. The van der Waals surface area contributed by atoms with E-state index >= 15 is 8.78 Å². The van der Waals surface area contributed by atoms with E-state index in [0.717, 1.165) is 116 Å². The summed E-state index contributed by atoms with van der Waals surface area (Å²) < 4.78 is 39.4. The van der Waals surface area contributed by atoms with Gasteiger partial charge in [0.25, 0.3) is 0 Å². The van der Waals surface area contributed by atoms with Gasteiger partial charge in [0.1, 0.15) is 28.4 Å². The summed E-state index contributed by atoms with van der Waals surface area (Å²) in [6.45, 7) is 4.35. The van der Waals surface area contributed by atoms with Crippen molar-refractivity contribution in [1.29, 1.82) is 0 Å². The maximum absolute atomic E-state index is 15.1. The van der Waals surface area contributed by atoms with Crippen LogP contribution >= 0.6 is 34.4 Å². The van der Waals surface area contributed by atoms with Crippen LogP contribution in [0.15, 0.2) is 66.9 Å². The lowest BCUT2D eigenvalue weighted by atomic mass is 10.0. The summed E-state index contributed by atoms with van der Waals surface area (Å²) in [4.78, 5) is 8.42. The van der Waals surface area contributed by atoms with Gasteiger partial charge in [-0.25, -0.2) is 8.78 Å². The molecular weight excluding hydrogens is 597 g/mol. The van der Waals surface area contributed by atoms with Crippen LogP contribution in [-0.2, 0) is 12.8 Å². The predicted octanol–water partition coefficient (Wildman–Crippen LogP) is 11.6. The van der Waals surface area contributed by atoms with E-state index in [1.807, 2.05) is 54.7 Å². The first-order valence-electron chi connectivity index (χ1n) is 14.9. The number of pyridine rings is 1. The van der Waals surface area contributed by atoms with Gasteiger partial charge in [-0.3, -0.25) is 4.98 Å². The molecule has 0 spiro atoms. The number of hydrogen-bond donors (Lipinski definition) is 0. The molecule has 3 nitrogen and oxygen atoms in total. The Morgan fingerprint density at radius 2 is 1.09 bits per heavy atom. The smallest absolute Gasteiger partial charge is 0.132 e. The lowest BCUT2D eigenvalue weighted by Gasteiger charge is -2.05. The van der Waals surface area contributed by atoms with E-state index in [2.05, 4.69) is 22.6 Å². The third-order valence-corrected chi connectivity index (χ3v) is 10.5. The molecule has 0 aliphatic rings. The number of thiophene rings is 2.